The minimum atomic E-state index is 0.262. The lowest BCUT2D eigenvalue weighted by Crippen LogP contribution is -2.20. The third-order valence-corrected chi connectivity index (χ3v) is 2.60. The Balaban J connectivity index is 1.95. The van der Waals surface area contributed by atoms with E-state index in [4.69, 9.17) is 5.11 Å². The van der Waals surface area contributed by atoms with Crippen LogP contribution in [0.15, 0.2) is 12.1 Å². The van der Waals surface area contributed by atoms with Crippen LogP contribution in [0.3, 0.4) is 0 Å². The van der Waals surface area contributed by atoms with Crippen LogP contribution in [0.2, 0.25) is 0 Å². The van der Waals surface area contributed by atoms with Crippen LogP contribution >= 0.6 is 0 Å². The second kappa shape index (κ2) is 5.53. The maximum absolute atomic E-state index is 8.69. The molecule has 0 aliphatic heterocycles. The highest BCUT2D eigenvalue weighted by Crippen LogP contribution is 2.09. The molecule has 0 saturated carbocycles. The maximum atomic E-state index is 8.69. The second-order valence-corrected chi connectivity index (χ2v) is 3.92. The molecule has 0 atom stereocenters. The molecule has 0 spiro atoms. The van der Waals surface area contributed by atoms with Crippen LogP contribution < -0.4 is 4.90 Å². The topological polar surface area (TPSA) is 79.4 Å². The second-order valence-electron chi connectivity index (χ2n) is 3.92. The Labute approximate surface area is 99.0 Å². The van der Waals surface area contributed by atoms with E-state index in [1.54, 1.807) is 0 Å². The van der Waals surface area contributed by atoms with E-state index in [-0.39, 0.29) is 6.61 Å². The summed E-state index contributed by atoms with van der Waals surface area (Å²) in [7, 11) is 1.98. The zero-order valence-corrected chi connectivity index (χ0v) is 9.82. The summed E-state index contributed by atoms with van der Waals surface area (Å²) >= 11 is 0. The van der Waals surface area contributed by atoms with Crippen molar-refractivity contribution in [2.45, 2.75) is 19.3 Å². The van der Waals surface area contributed by atoms with Crippen LogP contribution in [0.1, 0.15) is 19.3 Å². The highest BCUT2D eigenvalue weighted by molar-refractivity contribution is 5.43. The van der Waals surface area contributed by atoms with E-state index in [1.807, 2.05) is 19.2 Å². The van der Waals surface area contributed by atoms with Crippen LogP contribution in [0.5, 0.6) is 0 Å². The molecule has 2 rings (SSSR count). The van der Waals surface area contributed by atoms with E-state index in [0.717, 1.165) is 31.6 Å². The molecule has 7 nitrogen and oxygen atoms in total. The van der Waals surface area contributed by atoms with Gasteiger partial charge in [-0.3, -0.25) is 0 Å². The van der Waals surface area contributed by atoms with E-state index in [1.165, 1.54) is 4.63 Å². The van der Waals surface area contributed by atoms with E-state index in [2.05, 4.69) is 25.5 Å². The summed E-state index contributed by atoms with van der Waals surface area (Å²) in [6.07, 6.45) is 2.91. The van der Waals surface area contributed by atoms with Gasteiger partial charge in [0.15, 0.2) is 11.5 Å². The van der Waals surface area contributed by atoms with Gasteiger partial charge in [0.1, 0.15) is 0 Å². The zero-order chi connectivity index (χ0) is 12.1. The Kier molecular flexibility index (Phi) is 3.81. The van der Waals surface area contributed by atoms with Gasteiger partial charge in [-0.2, -0.15) is 0 Å². The first-order valence-electron chi connectivity index (χ1n) is 5.68. The van der Waals surface area contributed by atoms with Crippen LogP contribution in [-0.2, 0) is 0 Å². The van der Waals surface area contributed by atoms with E-state index in [9.17, 15) is 0 Å². The Morgan fingerprint density at radius 3 is 3.00 bits per heavy atom. The molecule has 92 valence electrons. The third kappa shape index (κ3) is 2.88. The molecule has 0 aliphatic carbocycles. The summed E-state index contributed by atoms with van der Waals surface area (Å²) in [5, 5.41) is 24.1. The molecule has 0 fully saturated rings. The molecule has 0 aliphatic rings. The summed E-state index contributed by atoms with van der Waals surface area (Å²) in [4.78, 5) is 2.05. The molecular weight excluding hydrogens is 220 g/mol. The lowest BCUT2D eigenvalue weighted by atomic mass is 10.2. The molecule has 2 aromatic rings. The van der Waals surface area contributed by atoms with Crippen molar-refractivity contribution < 1.29 is 5.11 Å². The van der Waals surface area contributed by atoms with Crippen molar-refractivity contribution in [3.8, 4) is 0 Å². The van der Waals surface area contributed by atoms with E-state index >= 15 is 0 Å². The largest absolute Gasteiger partial charge is 0.396 e. The van der Waals surface area contributed by atoms with Crippen molar-refractivity contribution in [3.05, 3.63) is 12.1 Å². The van der Waals surface area contributed by atoms with Gasteiger partial charge in [-0.15, -0.1) is 14.8 Å². The van der Waals surface area contributed by atoms with Crippen molar-refractivity contribution in [3.63, 3.8) is 0 Å². The molecule has 7 heteroatoms. The molecule has 0 unspecified atom stereocenters. The van der Waals surface area contributed by atoms with Crippen LogP contribution in [0, 0.1) is 0 Å². The number of hydrogen-bond acceptors (Lipinski definition) is 6. The minimum Gasteiger partial charge on any atom is -0.396 e. The summed E-state index contributed by atoms with van der Waals surface area (Å²) in [5.41, 5.74) is 0.641. The smallest absolute Gasteiger partial charge is 0.200 e. The molecule has 1 N–H and O–H groups in total. The molecule has 0 bridgehead atoms. The van der Waals surface area contributed by atoms with Crippen molar-refractivity contribution >= 4 is 11.5 Å². The van der Waals surface area contributed by atoms with Gasteiger partial charge in [0.05, 0.1) is 0 Å². The maximum Gasteiger partial charge on any atom is 0.200 e. The van der Waals surface area contributed by atoms with Crippen molar-refractivity contribution in [2.24, 2.45) is 0 Å². The Bertz CT molecular complexity index is 471. The SMILES string of the molecule is CN(CCCCCO)c1ccc2nnnn2n1. The number of aliphatic hydroxyl groups is 1. The number of nitrogens with zero attached hydrogens (tertiary/aromatic N) is 6. The summed E-state index contributed by atoms with van der Waals surface area (Å²) in [6, 6.07) is 3.74. The van der Waals surface area contributed by atoms with Gasteiger partial charge < -0.3 is 10.0 Å². The summed E-state index contributed by atoms with van der Waals surface area (Å²) < 4.78 is 1.42. The first-order valence-corrected chi connectivity index (χ1v) is 5.68. The lowest BCUT2D eigenvalue weighted by Gasteiger charge is -2.17. The van der Waals surface area contributed by atoms with Crippen molar-refractivity contribution in [2.75, 3.05) is 25.1 Å². The number of rotatable bonds is 6. The van der Waals surface area contributed by atoms with Crippen LogP contribution in [-0.4, -0.2) is 50.6 Å². The Morgan fingerprint density at radius 1 is 1.29 bits per heavy atom. The quantitative estimate of drug-likeness (QED) is 0.717. The van der Waals surface area contributed by atoms with Gasteiger partial charge in [-0.05, 0) is 41.8 Å². The fourth-order valence-electron chi connectivity index (χ4n) is 1.60. The van der Waals surface area contributed by atoms with Crippen molar-refractivity contribution in [1.29, 1.82) is 0 Å². The molecule has 2 aromatic heterocycles. The number of unbranched alkanes of at least 4 members (excludes halogenated alkanes) is 2. The summed E-state index contributed by atoms with van der Waals surface area (Å²) in [6.45, 7) is 1.17. The van der Waals surface area contributed by atoms with Gasteiger partial charge in [-0.1, -0.05) is 0 Å². The van der Waals surface area contributed by atoms with Gasteiger partial charge in [0.25, 0.3) is 0 Å². The van der Waals surface area contributed by atoms with E-state index in [0.29, 0.717) is 5.65 Å². The van der Waals surface area contributed by atoms with Gasteiger partial charge in [0, 0.05) is 20.2 Å². The predicted octanol–water partition coefficient (Wildman–Crippen LogP) is 0.118. The number of tetrazole rings is 1. The minimum absolute atomic E-state index is 0.262. The number of aromatic nitrogens is 5. The zero-order valence-electron chi connectivity index (χ0n) is 9.82. The average Bonchev–Trinajstić information content (AvgIpc) is 2.81. The Hall–Kier alpha value is -1.76. The summed E-state index contributed by atoms with van der Waals surface area (Å²) in [5.74, 6) is 0.841. The molecule has 2 heterocycles. The number of anilines is 1. The standard InChI is InChI=1S/C10H16N6O/c1-15(7-3-2-4-8-17)10-6-5-9-11-13-14-16(9)12-10/h5-6,17H,2-4,7-8H2,1H3. The van der Waals surface area contributed by atoms with Crippen LogP contribution in [0.25, 0.3) is 5.65 Å². The third-order valence-electron chi connectivity index (χ3n) is 2.60. The molecule has 0 radical (unpaired) electrons. The molecular formula is C10H16N6O. The number of fused-ring (bicyclic) bond motifs is 1. The van der Waals surface area contributed by atoms with Gasteiger partial charge in [-0.25, -0.2) is 0 Å². The molecule has 0 saturated heterocycles. The highest BCUT2D eigenvalue weighted by Gasteiger charge is 2.05. The molecule has 0 aromatic carbocycles. The van der Waals surface area contributed by atoms with Gasteiger partial charge >= 0.3 is 0 Å². The first kappa shape index (κ1) is 11.7. The highest BCUT2D eigenvalue weighted by atomic mass is 16.2. The van der Waals surface area contributed by atoms with Gasteiger partial charge in [0.2, 0.25) is 0 Å². The fraction of sp³-hybridized carbons (Fsp3) is 0.600. The normalized spacial score (nSPS) is 10.9. The molecule has 0 amide bonds. The predicted molar refractivity (Wildman–Crippen MR) is 62.8 cm³/mol. The monoisotopic (exact) mass is 236 g/mol. The first-order chi connectivity index (χ1) is 8.31. The lowest BCUT2D eigenvalue weighted by molar-refractivity contribution is 0.283. The number of hydrogen-bond donors (Lipinski definition) is 1. The van der Waals surface area contributed by atoms with Crippen molar-refractivity contribution in [1.82, 2.24) is 25.3 Å². The fourth-order valence-corrected chi connectivity index (χ4v) is 1.60. The van der Waals surface area contributed by atoms with E-state index < -0.39 is 0 Å². The average molecular weight is 236 g/mol. The van der Waals surface area contributed by atoms with Crippen LogP contribution in [0.4, 0.5) is 5.82 Å². The Morgan fingerprint density at radius 2 is 2.18 bits per heavy atom. The number of aliphatic hydroxyl groups excluding tert-OH is 1. The molecule has 17 heavy (non-hydrogen) atoms.